The van der Waals surface area contributed by atoms with Gasteiger partial charge in [0.1, 0.15) is 17.0 Å². The lowest BCUT2D eigenvalue weighted by molar-refractivity contribution is -0.123. The number of rotatable bonds is 4. The van der Waals surface area contributed by atoms with E-state index in [0.717, 1.165) is 11.1 Å². The van der Waals surface area contributed by atoms with Gasteiger partial charge >= 0.3 is 0 Å². The molecule has 4 atom stereocenters. The number of allylic oxidation sites excluding steroid dienone is 6. The summed E-state index contributed by atoms with van der Waals surface area (Å²) in [4.78, 5) is 60.9. The lowest BCUT2D eigenvalue weighted by Crippen LogP contribution is -2.39. The Morgan fingerprint density at radius 1 is 0.978 bits per heavy atom. The predicted molar refractivity (Wildman–Crippen MR) is 171 cm³/mol. The number of ketones is 2. The first-order valence-corrected chi connectivity index (χ1v) is 15.6. The molecule has 46 heavy (non-hydrogen) atoms. The Balaban J connectivity index is 1.17. The minimum Gasteiger partial charge on any atom is -0.508 e. The predicted octanol–water partition coefficient (Wildman–Crippen LogP) is 6.18. The van der Waals surface area contributed by atoms with Gasteiger partial charge in [-0.3, -0.25) is 24.1 Å². The first-order chi connectivity index (χ1) is 22.2. The second kappa shape index (κ2) is 10.5. The molecule has 4 aromatic rings. The molecule has 8 rings (SSSR count). The normalized spacial score (nSPS) is 24.1. The number of hydrogen-bond acceptors (Lipinski definition) is 8. The molecule has 2 amide bonds. The Bertz CT molecular complexity index is 2090. The lowest BCUT2D eigenvalue weighted by atomic mass is 9.59. The number of phenols is 1. The van der Waals surface area contributed by atoms with Gasteiger partial charge in [0.05, 0.1) is 29.1 Å². The van der Waals surface area contributed by atoms with Crippen molar-refractivity contribution in [1.82, 2.24) is 4.98 Å². The number of hydrogen-bond donors (Lipinski definition) is 1. The van der Waals surface area contributed by atoms with E-state index in [2.05, 4.69) is 20.9 Å². The van der Waals surface area contributed by atoms with Crippen LogP contribution < -0.4 is 9.64 Å². The summed E-state index contributed by atoms with van der Waals surface area (Å²) in [6, 6.07) is 19.1. The number of halogens is 1. The van der Waals surface area contributed by atoms with Gasteiger partial charge in [0, 0.05) is 40.3 Å². The number of aromatic hydroxyl groups is 1. The Morgan fingerprint density at radius 2 is 1.76 bits per heavy atom. The molecule has 0 spiro atoms. The summed E-state index contributed by atoms with van der Waals surface area (Å²) >= 11 is 3.25. The zero-order valence-corrected chi connectivity index (χ0v) is 26.0. The van der Waals surface area contributed by atoms with Crippen LogP contribution in [-0.4, -0.2) is 40.6 Å². The second-order valence-corrected chi connectivity index (χ2v) is 12.7. The van der Waals surface area contributed by atoms with Crippen LogP contribution in [-0.2, 0) is 19.2 Å². The fraction of sp³-hybridized carbons (Fsp3) is 0.194. The fourth-order valence-corrected chi connectivity index (χ4v) is 7.95. The van der Waals surface area contributed by atoms with E-state index in [1.165, 1.54) is 30.2 Å². The van der Waals surface area contributed by atoms with Crippen LogP contribution in [0.2, 0.25) is 0 Å². The van der Waals surface area contributed by atoms with E-state index in [4.69, 9.17) is 9.15 Å². The minimum atomic E-state index is -0.726. The molecule has 1 aliphatic heterocycles. The molecule has 9 nitrogen and oxygen atoms in total. The topological polar surface area (TPSA) is 127 Å². The van der Waals surface area contributed by atoms with E-state index < -0.39 is 23.7 Å². The number of carbonyl (C=O) groups excluding carboxylic acids is 4. The van der Waals surface area contributed by atoms with E-state index in [1.807, 2.05) is 30.3 Å². The van der Waals surface area contributed by atoms with Crippen LogP contribution >= 0.6 is 15.9 Å². The van der Waals surface area contributed by atoms with Crippen molar-refractivity contribution in [3.8, 4) is 23.0 Å². The molecule has 0 unspecified atom stereocenters. The van der Waals surface area contributed by atoms with Crippen molar-refractivity contribution in [2.24, 2.45) is 17.8 Å². The van der Waals surface area contributed by atoms with Crippen LogP contribution in [0.1, 0.15) is 24.3 Å². The summed E-state index contributed by atoms with van der Waals surface area (Å²) in [5.74, 6) is -3.03. The number of oxazole rings is 1. The Labute approximate surface area is 271 Å². The first-order valence-electron chi connectivity index (χ1n) is 14.8. The highest BCUT2D eigenvalue weighted by atomic mass is 79.9. The molecule has 3 aliphatic carbocycles. The SMILES string of the molecule is COc1cc(O)ccc1[C@H]1C2=CC[C@@H]3C(=O)N(c4ccc(-c5nc6ccccc6o5)cc4)C(=O)[C@@H]3[C@@H]2CC2=C1C(=O)C=C(Br)C2=O. The number of amides is 2. The van der Waals surface area contributed by atoms with Gasteiger partial charge in [0.15, 0.2) is 17.1 Å². The smallest absolute Gasteiger partial charge is 0.238 e. The van der Waals surface area contributed by atoms with Crippen molar-refractivity contribution in [2.45, 2.75) is 18.8 Å². The Hall–Kier alpha value is -5.09. The molecule has 4 aliphatic rings. The number of phenolic OH excluding ortho intramolecular Hbond substituents is 1. The molecule has 0 bridgehead atoms. The maximum absolute atomic E-state index is 14.3. The zero-order chi connectivity index (χ0) is 31.9. The molecule has 10 heteroatoms. The third kappa shape index (κ3) is 4.16. The Kier molecular flexibility index (Phi) is 6.47. The maximum Gasteiger partial charge on any atom is 0.238 e. The number of nitrogens with zero attached hydrogens (tertiary/aromatic N) is 2. The van der Waals surface area contributed by atoms with Gasteiger partial charge in [-0.25, -0.2) is 4.98 Å². The van der Waals surface area contributed by atoms with Crippen LogP contribution in [0.3, 0.4) is 0 Å². The number of aromatic nitrogens is 1. The average Bonchev–Trinajstić information content (AvgIpc) is 3.61. The van der Waals surface area contributed by atoms with Crippen molar-refractivity contribution >= 4 is 56.1 Å². The van der Waals surface area contributed by atoms with Crippen molar-refractivity contribution < 1.29 is 33.4 Å². The number of imide groups is 1. The van der Waals surface area contributed by atoms with Gasteiger partial charge < -0.3 is 14.3 Å². The largest absolute Gasteiger partial charge is 0.508 e. The van der Waals surface area contributed by atoms with E-state index in [9.17, 15) is 24.3 Å². The quantitative estimate of drug-likeness (QED) is 0.154. The third-order valence-electron chi connectivity index (χ3n) is 9.53. The molecule has 3 aromatic carbocycles. The van der Waals surface area contributed by atoms with Gasteiger partial charge in [-0.2, -0.15) is 0 Å². The number of benzene rings is 3. The van der Waals surface area contributed by atoms with Crippen LogP contribution in [0.5, 0.6) is 11.5 Å². The summed E-state index contributed by atoms with van der Waals surface area (Å²) in [5, 5.41) is 10.2. The summed E-state index contributed by atoms with van der Waals surface area (Å²) < 4.78 is 11.6. The molecule has 2 heterocycles. The van der Waals surface area contributed by atoms with E-state index in [1.54, 1.807) is 30.3 Å². The standard InChI is InChI=1S/C36H25BrN2O7/c1-45-29-14-19(40)10-11-21(29)30-20-12-13-22-31(23(20)15-24-32(30)27(41)16-25(37)33(24)42)36(44)39(35(22)43)18-8-6-17(7-9-18)34-38-26-4-2-3-5-28(26)46-34/h2-12,14,16,22-23,30-31,40H,13,15H2,1H3/t22-,23+,30+,31-/m0/s1. The number of fused-ring (bicyclic) bond motifs is 4. The average molecular weight is 678 g/mol. The van der Waals surface area contributed by atoms with E-state index in [0.29, 0.717) is 51.6 Å². The molecule has 1 saturated heterocycles. The number of Topliss-reactive ketones (excluding diaryl/α,β-unsaturated/α-hetero) is 1. The molecule has 1 aromatic heterocycles. The highest BCUT2D eigenvalue weighted by Gasteiger charge is 2.57. The van der Waals surface area contributed by atoms with Crippen molar-refractivity contribution in [2.75, 3.05) is 12.0 Å². The monoisotopic (exact) mass is 676 g/mol. The van der Waals surface area contributed by atoms with Crippen molar-refractivity contribution in [3.63, 3.8) is 0 Å². The van der Waals surface area contributed by atoms with Crippen LogP contribution in [0.15, 0.2) is 105 Å². The summed E-state index contributed by atoms with van der Waals surface area (Å²) in [5.41, 5.74) is 4.58. The van der Waals surface area contributed by atoms with Gasteiger partial charge in [-0.1, -0.05) is 29.8 Å². The molecule has 228 valence electrons. The molecule has 0 radical (unpaired) electrons. The highest BCUT2D eigenvalue weighted by Crippen LogP contribution is 2.56. The number of anilines is 1. The highest BCUT2D eigenvalue weighted by molar-refractivity contribution is 9.12. The number of methoxy groups -OCH3 is 1. The molecule has 1 fully saturated rings. The number of ether oxygens (including phenoxy) is 1. The number of carbonyl (C=O) groups is 4. The lowest BCUT2D eigenvalue weighted by Gasteiger charge is -2.42. The van der Waals surface area contributed by atoms with Crippen molar-refractivity contribution in [1.29, 1.82) is 0 Å². The van der Waals surface area contributed by atoms with Crippen LogP contribution in [0.4, 0.5) is 5.69 Å². The summed E-state index contributed by atoms with van der Waals surface area (Å²) in [7, 11) is 1.47. The summed E-state index contributed by atoms with van der Waals surface area (Å²) in [6.45, 7) is 0. The number of para-hydroxylation sites is 2. The maximum atomic E-state index is 14.3. The van der Waals surface area contributed by atoms with E-state index >= 15 is 0 Å². The van der Waals surface area contributed by atoms with E-state index in [-0.39, 0.29) is 40.0 Å². The first kappa shape index (κ1) is 28.4. The fourth-order valence-electron chi connectivity index (χ4n) is 7.50. The second-order valence-electron chi connectivity index (χ2n) is 11.9. The van der Waals surface area contributed by atoms with Crippen LogP contribution in [0, 0.1) is 17.8 Å². The van der Waals surface area contributed by atoms with Crippen LogP contribution in [0.25, 0.3) is 22.6 Å². The third-order valence-corrected chi connectivity index (χ3v) is 10.1. The zero-order valence-electron chi connectivity index (χ0n) is 24.4. The van der Waals surface area contributed by atoms with Gasteiger partial charge in [0.2, 0.25) is 17.7 Å². The molecule has 0 saturated carbocycles. The molecule has 1 N–H and O–H groups in total. The van der Waals surface area contributed by atoms with Gasteiger partial charge in [-0.05, 0) is 77.2 Å². The van der Waals surface area contributed by atoms with Crippen molar-refractivity contribution in [3.05, 3.63) is 106 Å². The molecular weight excluding hydrogens is 652 g/mol. The van der Waals surface area contributed by atoms with Gasteiger partial charge in [0.25, 0.3) is 0 Å². The summed E-state index contributed by atoms with van der Waals surface area (Å²) in [6.07, 6.45) is 3.68. The molecular formula is C36H25BrN2O7. The van der Waals surface area contributed by atoms with Gasteiger partial charge in [-0.15, -0.1) is 0 Å². The minimum absolute atomic E-state index is 0.0112. The Morgan fingerprint density at radius 3 is 2.52 bits per heavy atom.